The van der Waals surface area contributed by atoms with Gasteiger partial charge in [0.25, 0.3) is 0 Å². The Kier molecular flexibility index (Phi) is 7.09. The highest BCUT2D eigenvalue weighted by atomic mass is 32.2. The molecule has 2 aliphatic heterocycles. The van der Waals surface area contributed by atoms with Crippen LogP contribution in [-0.2, 0) is 25.4 Å². The lowest BCUT2D eigenvalue weighted by atomic mass is 9.98. The highest BCUT2D eigenvalue weighted by Crippen LogP contribution is 2.41. The minimum Gasteiger partial charge on any atom is -0.379 e. The summed E-state index contributed by atoms with van der Waals surface area (Å²) < 4.78 is 70.0. The topological polar surface area (TPSA) is 67.8 Å². The summed E-state index contributed by atoms with van der Waals surface area (Å²) in [6.45, 7) is 3.67. The molecule has 2 saturated heterocycles. The molecule has 1 unspecified atom stereocenters. The van der Waals surface area contributed by atoms with E-state index in [2.05, 4.69) is 9.97 Å². The Hall–Kier alpha value is -2.99. The van der Waals surface area contributed by atoms with Crippen LogP contribution in [0.3, 0.4) is 0 Å². The molecule has 3 aromatic rings. The predicted octanol–water partition coefficient (Wildman–Crippen LogP) is 4.52. The molecule has 1 saturated carbocycles. The first-order valence-corrected chi connectivity index (χ1v) is 14.6. The van der Waals surface area contributed by atoms with E-state index in [1.807, 2.05) is 45.6 Å². The van der Waals surface area contributed by atoms with Crippen LogP contribution in [0.5, 0.6) is 0 Å². The van der Waals surface area contributed by atoms with Crippen molar-refractivity contribution in [1.82, 2.24) is 14.3 Å². The monoisotopic (exact) mass is 558 g/mol. The van der Waals surface area contributed by atoms with E-state index in [-0.39, 0.29) is 11.5 Å². The predicted molar refractivity (Wildman–Crippen MR) is 144 cm³/mol. The number of hydrogen-bond donors (Lipinski definition) is 0. The first kappa shape index (κ1) is 26.2. The van der Waals surface area contributed by atoms with Crippen LogP contribution < -0.4 is 4.90 Å². The molecule has 1 aliphatic carbocycles. The molecule has 7 nitrogen and oxygen atoms in total. The summed E-state index contributed by atoms with van der Waals surface area (Å²) in [4.78, 5) is 11.6. The van der Waals surface area contributed by atoms with Crippen molar-refractivity contribution >= 4 is 20.4 Å². The average molecular weight is 559 g/mol. The zero-order chi connectivity index (χ0) is 27.0. The van der Waals surface area contributed by atoms with Gasteiger partial charge in [0.1, 0.15) is 5.82 Å². The lowest BCUT2D eigenvalue weighted by Crippen LogP contribution is -2.41. The molecule has 0 bridgehead atoms. The highest BCUT2D eigenvalue weighted by Gasteiger charge is 2.38. The second-order valence-electron chi connectivity index (χ2n) is 9.69. The maximum Gasteiger partial charge on any atom is 0.451 e. The van der Waals surface area contributed by atoms with Gasteiger partial charge >= 0.3 is 6.18 Å². The molecule has 1 aromatic heterocycles. The normalized spacial score (nSPS) is 20.1. The van der Waals surface area contributed by atoms with Gasteiger partial charge in [0, 0.05) is 41.5 Å². The summed E-state index contributed by atoms with van der Waals surface area (Å²) in [6.07, 6.45) is -3.18. The highest BCUT2D eigenvalue weighted by molar-refractivity contribution is 8.00. The molecule has 3 heterocycles. The van der Waals surface area contributed by atoms with Crippen LogP contribution in [0.15, 0.2) is 59.5 Å². The van der Waals surface area contributed by atoms with Crippen LogP contribution in [-0.4, -0.2) is 76.0 Å². The first-order chi connectivity index (χ1) is 18.9. The third-order valence-electron chi connectivity index (χ3n) is 7.12. The molecule has 206 valence electrons. The minimum atomic E-state index is -4.74. The molecule has 0 spiro atoms. The minimum absolute atomic E-state index is 0.163. The van der Waals surface area contributed by atoms with Gasteiger partial charge in [-0.1, -0.05) is 42.5 Å². The van der Waals surface area contributed by atoms with Crippen LogP contribution >= 0.6 is 0 Å². The Balaban J connectivity index is 1.58. The third kappa shape index (κ3) is 5.16. The quantitative estimate of drug-likeness (QED) is 0.429. The van der Waals surface area contributed by atoms with Crippen molar-refractivity contribution in [1.29, 1.82) is 0 Å². The maximum absolute atomic E-state index is 14.6. The van der Waals surface area contributed by atoms with E-state index in [0.29, 0.717) is 74.2 Å². The molecular formula is C28H29F3N4O3S. The summed E-state index contributed by atoms with van der Waals surface area (Å²) in [6, 6.07) is 16.3. The van der Waals surface area contributed by atoms with Crippen molar-refractivity contribution in [2.75, 3.05) is 57.5 Å². The second-order valence-corrected chi connectivity index (χ2v) is 12.3. The Morgan fingerprint density at radius 2 is 1.44 bits per heavy atom. The number of rotatable bonds is 5. The number of morpholine rings is 2. The molecule has 2 aromatic carbocycles. The van der Waals surface area contributed by atoms with Crippen LogP contribution in [0.2, 0.25) is 0 Å². The standard InChI is InChI=1S/C28H29F3N4O3S/c29-28(30,31)27-32-25(24(20-5-2-1-3-6-20)26(33-27)34-11-15-37-16-12-34)21-7-4-8-23(19-21)39(36,22-9-10-22)35-13-17-38-18-14-35/h1-8,19H,9-18H2. The van der Waals surface area contributed by atoms with Gasteiger partial charge in [-0.2, -0.15) is 13.2 Å². The number of aromatic nitrogens is 2. The number of ether oxygens (including phenoxy) is 2. The van der Waals surface area contributed by atoms with Gasteiger partial charge in [0.15, 0.2) is 0 Å². The summed E-state index contributed by atoms with van der Waals surface area (Å²) in [7, 11) is -2.67. The summed E-state index contributed by atoms with van der Waals surface area (Å²) in [5, 5.41) is 0. The number of hydrogen-bond acceptors (Lipinski definition) is 6. The molecular weight excluding hydrogens is 529 g/mol. The smallest absolute Gasteiger partial charge is 0.379 e. The van der Waals surface area contributed by atoms with Gasteiger partial charge < -0.3 is 14.4 Å². The van der Waals surface area contributed by atoms with Crippen molar-refractivity contribution < 1.29 is 26.9 Å². The third-order valence-corrected chi connectivity index (χ3v) is 10.3. The Morgan fingerprint density at radius 1 is 0.795 bits per heavy atom. The van der Waals surface area contributed by atoms with Crippen LogP contribution in [0.1, 0.15) is 18.7 Å². The molecule has 6 rings (SSSR count). The zero-order valence-electron chi connectivity index (χ0n) is 21.3. The summed E-state index contributed by atoms with van der Waals surface area (Å²) in [5.41, 5.74) is 1.85. The largest absolute Gasteiger partial charge is 0.451 e. The van der Waals surface area contributed by atoms with E-state index in [0.717, 1.165) is 17.7 Å². The van der Waals surface area contributed by atoms with Gasteiger partial charge in [0.2, 0.25) is 5.82 Å². The zero-order valence-corrected chi connectivity index (χ0v) is 22.1. The molecule has 0 N–H and O–H groups in total. The fraction of sp³-hybridized carbons (Fsp3) is 0.393. The van der Waals surface area contributed by atoms with Gasteiger partial charge in [-0.05, 0) is 30.5 Å². The van der Waals surface area contributed by atoms with Crippen LogP contribution in [0.4, 0.5) is 19.0 Å². The molecule has 0 radical (unpaired) electrons. The van der Waals surface area contributed by atoms with Crippen molar-refractivity contribution in [3.8, 4) is 22.4 Å². The fourth-order valence-electron chi connectivity index (χ4n) is 5.10. The number of halogens is 3. The molecule has 3 fully saturated rings. The van der Waals surface area contributed by atoms with Crippen molar-refractivity contribution in [3.63, 3.8) is 0 Å². The Morgan fingerprint density at radius 3 is 2.08 bits per heavy atom. The number of benzene rings is 2. The van der Waals surface area contributed by atoms with Gasteiger partial charge in [-0.15, -0.1) is 0 Å². The molecule has 1 atom stereocenters. The van der Waals surface area contributed by atoms with Gasteiger partial charge in [-0.25, -0.2) is 18.5 Å². The number of nitrogens with zero attached hydrogens (tertiary/aromatic N) is 4. The van der Waals surface area contributed by atoms with Gasteiger partial charge in [0.05, 0.1) is 47.4 Å². The van der Waals surface area contributed by atoms with Crippen LogP contribution in [0, 0.1) is 0 Å². The Bertz CT molecular complexity index is 1470. The van der Waals surface area contributed by atoms with E-state index in [1.54, 1.807) is 18.2 Å². The van der Waals surface area contributed by atoms with Crippen molar-refractivity contribution in [2.45, 2.75) is 23.9 Å². The molecule has 11 heteroatoms. The second kappa shape index (κ2) is 10.5. The average Bonchev–Trinajstić information content (AvgIpc) is 3.83. The SMILES string of the molecule is O=S(=C1CC1)(c1cccc(-c2nc(C(F)(F)F)nc(N3CCOCC3)c2-c2ccccc2)c1)N1CCOCC1. The van der Waals surface area contributed by atoms with E-state index < -0.39 is 21.7 Å². The summed E-state index contributed by atoms with van der Waals surface area (Å²) >= 11 is 0. The summed E-state index contributed by atoms with van der Waals surface area (Å²) in [5.74, 6) is -0.979. The van der Waals surface area contributed by atoms with Crippen molar-refractivity contribution in [3.05, 3.63) is 60.4 Å². The first-order valence-electron chi connectivity index (χ1n) is 13.1. The van der Waals surface area contributed by atoms with Crippen LogP contribution in [0.25, 0.3) is 22.4 Å². The van der Waals surface area contributed by atoms with Gasteiger partial charge in [-0.3, -0.25) is 0 Å². The Labute approximate surface area is 225 Å². The lowest BCUT2D eigenvalue weighted by Gasteiger charge is -2.31. The fourth-order valence-corrected chi connectivity index (χ4v) is 7.97. The molecule has 39 heavy (non-hydrogen) atoms. The van der Waals surface area contributed by atoms with E-state index in [9.17, 15) is 17.4 Å². The van der Waals surface area contributed by atoms with Crippen molar-refractivity contribution in [2.24, 2.45) is 0 Å². The maximum atomic E-state index is 14.6. The van der Waals surface area contributed by atoms with E-state index in [1.165, 1.54) is 0 Å². The van der Waals surface area contributed by atoms with E-state index >= 15 is 0 Å². The van der Waals surface area contributed by atoms with E-state index in [4.69, 9.17) is 9.47 Å². The molecule has 0 amide bonds. The number of anilines is 1. The number of alkyl halides is 3. The molecule has 3 aliphatic rings. The lowest BCUT2D eigenvalue weighted by molar-refractivity contribution is -0.144.